The first-order valence-electron chi connectivity index (χ1n) is 9.62. The van der Waals surface area contributed by atoms with Gasteiger partial charge in [0.05, 0.1) is 7.11 Å². The van der Waals surface area contributed by atoms with Gasteiger partial charge in [0.25, 0.3) is 0 Å². The number of hydrogen-bond donors (Lipinski definition) is 2. The van der Waals surface area contributed by atoms with Crippen LogP contribution in [0.25, 0.3) is 0 Å². The van der Waals surface area contributed by atoms with Crippen LogP contribution in [0.5, 0.6) is 17.4 Å². The van der Waals surface area contributed by atoms with Gasteiger partial charge in [-0.25, -0.2) is 9.37 Å². The number of hydrogen-bond acceptors (Lipinski definition) is 4. The van der Waals surface area contributed by atoms with Gasteiger partial charge < -0.3 is 20.1 Å². The zero-order chi connectivity index (χ0) is 21.2. The first-order valence-corrected chi connectivity index (χ1v) is 9.62. The minimum atomic E-state index is -0.357. The number of halogens is 1. The highest BCUT2D eigenvalue weighted by atomic mass is 19.1. The van der Waals surface area contributed by atoms with Gasteiger partial charge in [0.2, 0.25) is 5.88 Å². The van der Waals surface area contributed by atoms with E-state index in [-0.39, 0.29) is 5.82 Å². The number of nitrogens with one attached hydrogen (secondary N) is 2. The van der Waals surface area contributed by atoms with Crippen LogP contribution in [-0.4, -0.2) is 31.6 Å². The van der Waals surface area contributed by atoms with Gasteiger partial charge in [-0.2, -0.15) is 0 Å². The Morgan fingerprint density at radius 2 is 1.87 bits per heavy atom. The van der Waals surface area contributed by atoms with E-state index in [1.807, 2.05) is 36.4 Å². The second-order valence-electron chi connectivity index (χ2n) is 6.48. The number of rotatable bonds is 8. The molecule has 0 fully saturated rings. The molecule has 0 bridgehead atoms. The van der Waals surface area contributed by atoms with Crippen molar-refractivity contribution in [3.8, 4) is 17.4 Å². The van der Waals surface area contributed by atoms with Crippen molar-refractivity contribution in [1.29, 1.82) is 0 Å². The SMILES string of the molecule is CN=C(NCCc1ccc(OC)cc1)NCc1cccnc1Oc1cccc(F)c1. The van der Waals surface area contributed by atoms with E-state index < -0.39 is 0 Å². The lowest BCUT2D eigenvalue weighted by Gasteiger charge is -2.14. The molecule has 0 radical (unpaired) electrons. The molecular weight excluding hydrogens is 383 g/mol. The molecule has 0 unspecified atom stereocenters. The third-order valence-corrected chi connectivity index (χ3v) is 4.40. The maximum atomic E-state index is 13.4. The molecule has 7 heteroatoms. The number of aromatic nitrogens is 1. The van der Waals surface area contributed by atoms with Gasteiger partial charge in [0.15, 0.2) is 5.96 Å². The predicted molar refractivity (Wildman–Crippen MR) is 116 cm³/mol. The largest absolute Gasteiger partial charge is 0.497 e. The molecule has 0 amide bonds. The summed E-state index contributed by atoms with van der Waals surface area (Å²) in [7, 11) is 3.37. The van der Waals surface area contributed by atoms with E-state index in [4.69, 9.17) is 9.47 Å². The average molecular weight is 408 g/mol. The topological polar surface area (TPSA) is 67.8 Å². The third kappa shape index (κ3) is 6.20. The maximum absolute atomic E-state index is 13.4. The highest BCUT2D eigenvalue weighted by molar-refractivity contribution is 5.79. The zero-order valence-electron chi connectivity index (χ0n) is 17.1. The third-order valence-electron chi connectivity index (χ3n) is 4.40. The maximum Gasteiger partial charge on any atom is 0.224 e. The molecule has 156 valence electrons. The fourth-order valence-corrected chi connectivity index (χ4v) is 2.81. The Bertz CT molecular complexity index is 977. The summed E-state index contributed by atoms with van der Waals surface area (Å²) in [5.41, 5.74) is 2.04. The molecule has 2 aromatic carbocycles. The lowest BCUT2D eigenvalue weighted by atomic mass is 10.1. The van der Waals surface area contributed by atoms with E-state index in [2.05, 4.69) is 20.6 Å². The second-order valence-corrected chi connectivity index (χ2v) is 6.48. The molecule has 1 aromatic heterocycles. The highest BCUT2D eigenvalue weighted by Gasteiger charge is 2.08. The van der Waals surface area contributed by atoms with Gasteiger partial charge in [-0.15, -0.1) is 0 Å². The standard InChI is InChI=1S/C23H25FN4O2/c1-25-23(27-14-12-17-8-10-20(29-2)11-9-17)28-16-18-5-4-13-26-22(18)30-21-7-3-6-19(24)15-21/h3-11,13,15H,12,14,16H2,1-2H3,(H2,25,27,28). The fraction of sp³-hybridized carbons (Fsp3) is 0.217. The van der Waals surface area contributed by atoms with Gasteiger partial charge in [0, 0.05) is 38.0 Å². The Morgan fingerprint density at radius 3 is 2.60 bits per heavy atom. The molecule has 0 aliphatic heterocycles. The van der Waals surface area contributed by atoms with Crippen molar-refractivity contribution in [2.45, 2.75) is 13.0 Å². The monoisotopic (exact) mass is 408 g/mol. The van der Waals surface area contributed by atoms with Crippen LogP contribution < -0.4 is 20.1 Å². The number of ether oxygens (including phenoxy) is 2. The van der Waals surface area contributed by atoms with E-state index in [0.717, 1.165) is 24.3 Å². The fourth-order valence-electron chi connectivity index (χ4n) is 2.81. The van der Waals surface area contributed by atoms with Crippen molar-refractivity contribution in [2.75, 3.05) is 20.7 Å². The normalized spacial score (nSPS) is 11.1. The van der Waals surface area contributed by atoms with Crippen molar-refractivity contribution >= 4 is 5.96 Å². The van der Waals surface area contributed by atoms with Crippen LogP contribution in [0, 0.1) is 5.82 Å². The van der Waals surface area contributed by atoms with Gasteiger partial charge in [-0.05, 0) is 42.3 Å². The summed E-state index contributed by atoms with van der Waals surface area (Å²) in [6.07, 6.45) is 2.49. The molecule has 6 nitrogen and oxygen atoms in total. The molecule has 1 heterocycles. The van der Waals surface area contributed by atoms with Gasteiger partial charge in [0.1, 0.15) is 17.3 Å². The summed E-state index contributed by atoms with van der Waals surface area (Å²) >= 11 is 0. The molecule has 0 saturated heterocycles. The number of benzene rings is 2. The first kappa shape index (κ1) is 21.1. The Labute approximate surface area is 175 Å². The number of guanidine groups is 1. The molecule has 0 saturated carbocycles. The van der Waals surface area contributed by atoms with Crippen LogP contribution in [0.1, 0.15) is 11.1 Å². The lowest BCUT2D eigenvalue weighted by Crippen LogP contribution is -2.37. The quantitative estimate of drug-likeness (QED) is 0.437. The Balaban J connectivity index is 1.53. The summed E-state index contributed by atoms with van der Waals surface area (Å²) in [6.45, 7) is 1.19. The molecule has 2 N–H and O–H groups in total. The number of nitrogens with zero attached hydrogens (tertiary/aromatic N) is 2. The molecular formula is C23H25FN4O2. The summed E-state index contributed by atoms with van der Waals surface area (Å²) in [4.78, 5) is 8.52. The van der Waals surface area contributed by atoms with Crippen LogP contribution in [-0.2, 0) is 13.0 Å². The van der Waals surface area contributed by atoms with E-state index in [0.29, 0.717) is 24.1 Å². The summed E-state index contributed by atoms with van der Waals surface area (Å²) in [6, 6.07) is 17.7. The lowest BCUT2D eigenvalue weighted by molar-refractivity contribution is 0.414. The van der Waals surface area contributed by atoms with Crippen LogP contribution in [0.3, 0.4) is 0 Å². The first-order chi connectivity index (χ1) is 14.7. The summed E-state index contributed by atoms with van der Waals surface area (Å²) in [5.74, 6) is 1.98. The summed E-state index contributed by atoms with van der Waals surface area (Å²) < 4.78 is 24.3. The van der Waals surface area contributed by atoms with E-state index >= 15 is 0 Å². The Morgan fingerprint density at radius 1 is 1.03 bits per heavy atom. The van der Waals surface area contributed by atoms with Crippen molar-refractivity contribution < 1.29 is 13.9 Å². The van der Waals surface area contributed by atoms with Gasteiger partial charge >= 0.3 is 0 Å². The summed E-state index contributed by atoms with van der Waals surface area (Å²) in [5, 5.41) is 6.54. The zero-order valence-corrected chi connectivity index (χ0v) is 17.1. The van der Waals surface area contributed by atoms with Crippen LogP contribution in [0.15, 0.2) is 71.9 Å². The van der Waals surface area contributed by atoms with E-state index in [1.165, 1.54) is 17.7 Å². The number of methoxy groups -OCH3 is 1. The minimum absolute atomic E-state index is 0.357. The molecule has 0 atom stereocenters. The molecule has 0 aliphatic carbocycles. The smallest absolute Gasteiger partial charge is 0.224 e. The minimum Gasteiger partial charge on any atom is -0.497 e. The molecule has 3 rings (SSSR count). The van der Waals surface area contributed by atoms with Crippen LogP contribution >= 0.6 is 0 Å². The Kier molecular flexibility index (Phi) is 7.60. The van der Waals surface area contributed by atoms with E-state index in [1.54, 1.807) is 32.5 Å². The van der Waals surface area contributed by atoms with Crippen LogP contribution in [0.2, 0.25) is 0 Å². The van der Waals surface area contributed by atoms with E-state index in [9.17, 15) is 4.39 Å². The van der Waals surface area contributed by atoms with Crippen molar-refractivity contribution in [3.63, 3.8) is 0 Å². The van der Waals surface area contributed by atoms with Crippen LogP contribution in [0.4, 0.5) is 4.39 Å². The number of aliphatic imine (C=N–C) groups is 1. The Hall–Kier alpha value is -3.61. The predicted octanol–water partition coefficient (Wildman–Crippen LogP) is 3.93. The highest BCUT2D eigenvalue weighted by Crippen LogP contribution is 2.23. The van der Waals surface area contributed by atoms with Gasteiger partial charge in [-0.1, -0.05) is 24.3 Å². The van der Waals surface area contributed by atoms with Gasteiger partial charge in [-0.3, -0.25) is 4.99 Å². The second kappa shape index (κ2) is 10.8. The van der Waals surface area contributed by atoms with Crippen molar-refractivity contribution in [2.24, 2.45) is 4.99 Å². The van der Waals surface area contributed by atoms with Crippen molar-refractivity contribution in [1.82, 2.24) is 15.6 Å². The average Bonchev–Trinajstić information content (AvgIpc) is 2.77. The number of pyridine rings is 1. The molecule has 3 aromatic rings. The molecule has 0 spiro atoms. The molecule has 0 aliphatic rings. The molecule has 30 heavy (non-hydrogen) atoms. The van der Waals surface area contributed by atoms with Crippen molar-refractivity contribution in [3.05, 3.63) is 83.8 Å².